The third-order valence-corrected chi connectivity index (χ3v) is 11.0. The van der Waals surface area contributed by atoms with Crippen molar-refractivity contribution >= 4 is 39.5 Å². The first-order valence-corrected chi connectivity index (χ1v) is 15.3. The zero-order valence-electron chi connectivity index (χ0n) is 21.8. The standard InChI is InChI=1S/C26H30N8O4S2/c1-17-16-38-12-11-34(17)22-14-20(26(6-7-26)40(36,37)25-29-10-13-39-25)32-23(33-22)18-2-4-19(5-3-18)31-24(35)30-15-21-27-8-9-28-21/h2-5,8-10,13-14,17,36-37H,6-7,11-12,15-16H2,1H3,(H,27,28)(H2,30,31,35)/t17-/m0/s1. The highest BCUT2D eigenvalue weighted by Gasteiger charge is 2.58. The molecule has 4 heterocycles. The number of anilines is 2. The van der Waals surface area contributed by atoms with Crippen LogP contribution in [0.2, 0.25) is 0 Å². The molecule has 3 aromatic heterocycles. The Bertz CT molecular complexity index is 1460. The van der Waals surface area contributed by atoms with Gasteiger partial charge in [-0.15, -0.1) is 21.9 Å². The number of carbonyl (C=O) groups is 1. The molecule has 1 saturated carbocycles. The number of carbonyl (C=O) groups excluding carboxylic acids is 1. The summed E-state index contributed by atoms with van der Waals surface area (Å²) in [5.41, 5.74) is 1.95. The number of hydrogen-bond donors (Lipinski definition) is 5. The SMILES string of the molecule is C[C@H]1COCCN1c1cc(C2(S(O)(O)c3nccs3)CC2)nc(-c2ccc(NC(=O)NCc3ncc[nH]3)cc2)n1. The lowest BCUT2D eigenvalue weighted by molar-refractivity contribution is 0.0985. The number of aromatic nitrogens is 5. The minimum absolute atomic E-state index is 0.102. The van der Waals surface area contributed by atoms with Gasteiger partial charge in [0.1, 0.15) is 16.4 Å². The summed E-state index contributed by atoms with van der Waals surface area (Å²) >= 11 is 1.24. The molecule has 0 spiro atoms. The zero-order valence-corrected chi connectivity index (χ0v) is 23.4. The molecule has 0 bridgehead atoms. The number of thiazole rings is 1. The van der Waals surface area contributed by atoms with E-state index < -0.39 is 15.3 Å². The number of nitrogens with zero attached hydrogens (tertiary/aromatic N) is 5. The van der Waals surface area contributed by atoms with Crippen molar-refractivity contribution in [2.24, 2.45) is 0 Å². The summed E-state index contributed by atoms with van der Waals surface area (Å²) in [6, 6.07) is 8.88. The Morgan fingerprint density at radius 1 is 1.23 bits per heavy atom. The van der Waals surface area contributed by atoms with Gasteiger partial charge in [-0.25, -0.2) is 24.7 Å². The fraction of sp³-hybridized carbons (Fsp3) is 0.346. The van der Waals surface area contributed by atoms with Gasteiger partial charge in [0.05, 0.1) is 31.5 Å². The molecule has 1 aromatic carbocycles. The Balaban J connectivity index is 1.29. The molecule has 5 N–H and O–H groups in total. The van der Waals surface area contributed by atoms with E-state index >= 15 is 0 Å². The summed E-state index contributed by atoms with van der Waals surface area (Å²) in [6.45, 7) is 4.19. The van der Waals surface area contributed by atoms with Crippen LogP contribution in [-0.2, 0) is 16.0 Å². The number of ether oxygens (including phenoxy) is 1. The van der Waals surface area contributed by atoms with Crippen molar-refractivity contribution in [2.45, 2.75) is 41.4 Å². The molecule has 2 fully saturated rings. The Kier molecular flexibility index (Phi) is 7.18. The van der Waals surface area contributed by atoms with Crippen LogP contribution in [0.15, 0.2) is 58.6 Å². The van der Waals surface area contributed by atoms with Gasteiger partial charge in [-0.05, 0) is 44.0 Å². The van der Waals surface area contributed by atoms with Crippen LogP contribution in [0.4, 0.5) is 16.3 Å². The zero-order chi connectivity index (χ0) is 27.7. The van der Waals surface area contributed by atoms with Crippen LogP contribution in [-0.4, -0.2) is 65.9 Å². The van der Waals surface area contributed by atoms with Gasteiger partial charge < -0.3 is 25.3 Å². The molecule has 2 amide bonds. The number of H-pyrrole nitrogens is 1. The molecule has 210 valence electrons. The van der Waals surface area contributed by atoms with Gasteiger partial charge in [-0.1, -0.05) is 0 Å². The van der Waals surface area contributed by atoms with Crippen LogP contribution in [0.5, 0.6) is 0 Å². The average molecular weight is 583 g/mol. The van der Waals surface area contributed by atoms with E-state index in [9.17, 15) is 13.9 Å². The Morgan fingerprint density at radius 3 is 2.73 bits per heavy atom. The Morgan fingerprint density at radius 2 is 2.05 bits per heavy atom. The van der Waals surface area contributed by atoms with Crippen molar-refractivity contribution < 1.29 is 18.6 Å². The first-order valence-electron chi connectivity index (χ1n) is 12.9. The fourth-order valence-electron chi connectivity index (χ4n) is 4.77. The van der Waals surface area contributed by atoms with Crippen LogP contribution < -0.4 is 15.5 Å². The minimum Gasteiger partial charge on any atom is -0.377 e. The predicted octanol–water partition coefficient (Wildman–Crippen LogP) is 4.67. The normalized spacial score (nSPS) is 18.8. The molecule has 14 heteroatoms. The van der Waals surface area contributed by atoms with Gasteiger partial charge >= 0.3 is 6.03 Å². The van der Waals surface area contributed by atoms with Crippen molar-refractivity contribution in [2.75, 3.05) is 30.0 Å². The highest BCUT2D eigenvalue weighted by Crippen LogP contribution is 2.75. The van der Waals surface area contributed by atoms with Gasteiger partial charge in [-0.3, -0.25) is 9.11 Å². The Labute approximate surface area is 236 Å². The van der Waals surface area contributed by atoms with E-state index in [4.69, 9.17) is 14.7 Å². The highest BCUT2D eigenvalue weighted by molar-refractivity contribution is 8.26. The topological polar surface area (TPSA) is 161 Å². The number of rotatable bonds is 8. The van der Waals surface area contributed by atoms with Crippen molar-refractivity contribution in [3.05, 3.63) is 65.8 Å². The van der Waals surface area contributed by atoms with Gasteiger partial charge in [0.25, 0.3) is 0 Å². The van der Waals surface area contributed by atoms with E-state index in [1.807, 2.05) is 18.2 Å². The lowest BCUT2D eigenvalue weighted by atomic mass is 10.1. The first-order chi connectivity index (χ1) is 19.4. The average Bonchev–Trinajstić information content (AvgIpc) is 3.33. The largest absolute Gasteiger partial charge is 0.377 e. The van der Waals surface area contributed by atoms with Gasteiger partial charge in [0.15, 0.2) is 5.82 Å². The lowest BCUT2D eigenvalue weighted by Gasteiger charge is -2.39. The predicted molar refractivity (Wildman–Crippen MR) is 154 cm³/mol. The number of hydrogen-bond acceptors (Lipinski definition) is 10. The second kappa shape index (κ2) is 10.8. The molecular formula is C26H30N8O4S2. The number of imidazole rings is 1. The van der Waals surface area contributed by atoms with Crippen LogP contribution >= 0.6 is 21.9 Å². The first kappa shape index (κ1) is 26.7. The van der Waals surface area contributed by atoms with Gasteiger partial charge in [0, 0.05) is 47.8 Å². The monoisotopic (exact) mass is 582 g/mol. The van der Waals surface area contributed by atoms with Crippen molar-refractivity contribution in [1.29, 1.82) is 0 Å². The molecule has 1 atom stereocenters. The van der Waals surface area contributed by atoms with Crippen molar-refractivity contribution in [3.8, 4) is 11.4 Å². The number of amides is 2. The number of morpholine rings is 1. The van der Waals surface area contributed by atoms with Crippen LogP contribution in [0.1, 0.15) is 31.3 Å². The molecular weight excluding hydrogens is 552 g/mol. The van der Waals surface area contributed by atoms with E-state index in [2.05, 4.69) is 37.4 Å². The van der Waals surface area contributed by atoms with E-state index in [1.54, 1.807) is 36.1 Å². The smallest absolute Gasteiger partial charge is 0.319 e. The molecule has 1 aliphatic carbocycles. The molecule has 40 heavy (non-hydrogen) atoms. The van der Waals surface area contributed by atoms with Crippen LogP contribution in [0.3, 0.4) is 0 Å². The Hall–Kier alpha value is -3.56. The maximum absolute atomic E-state index is 12.3. The summed E-state index contributed by atoms with van der Waals surface area (Å²) < 4.78 is 27.9. The quantitative estimate of drug-likeness (QED) is 0.199. The number of nitrogens with one attached hydrogen (secondary N) is 3. The second-order valence-electron chi connectivity index (χ2n) is 9.81. The van der Waals surface area contributed by atoms with E-state index in [0.29, 0.717) is 60.0 Å². The van der Waals surface area contributed by atoms with Crippen LogP contribution in [0.25, 0.3) is 11.4 Å². The molecule has 12 nitrogen and oxygen atoms in total. The van der Waals surface area contributed by atoms with E-state index in [-0.39, 0.29) is 18.6 Å². The molecule has 0 unspecified atom stereocenters. The van der Waals surface area contributed by atoms with Crippen molar-refractivity contribution in [1.82, 2.24) is 30.2 Å². The summed E-state index contributed by atoms with van der Waals surface area (Å²) in [6.07, 6.45) is 6.10. The third-order valence-electron chi connectivity index (χ3n) is 7.12. The molecule has 4 aromatic rings. The third kappa shape index (κ3) is 5.15. The van der Waals surface area contributed by atoms with Crippen LogP contribution in [0, 0.1) is 0 Å². The van der Waals surface area contributed by atoms with E-state index in [0.717, 1.165) is 11.4 Å². The molecule has 0 radical (unpaired) electrons. The highest BCUT2D eigenvalue weighted by atomic mass is 32.3. The molecule has 6 rings (SSSR count). The number of benzene rings is 1. The summed E-state index contributed by atoms with van der Waals surface area (Å²) in [5.74, 6) is 1.85. The van der Waals surface area contributed by atoms with Gasteiger partial charge in [-0.2, -0.15) is 0 Å². The van der Waals surface area contributed by atoms with E-state index in [1.165, 1.54) is 11.3 Å². The fourth-order valence-corrected chi connectivity index (χ4v) is 7.92. The summed E-state index contributed by atoms with van der Waals surface area (Å²) in [5, 5.41) is 7.31. The summed E-state index contributed by atoms with van der Waals surface area (Å²) in [4.78, 5) is 35.5. The maximum atomic E-state index is 12.3. The number of aromatic amines is 1. The van der Waals surface area contributed by atoms with Crippen molar-refractivity contribution in [3.63, 3.8) is 0 Å². The molecule has 2 aliphatic rings. The lowest BCUT2D eigenvalue weighted by Crippen LogP contribution is -2.44. The molecule has 1 saturated heterocycles. The van der Waals surface area contributed by atoms with Gasteiger partial charge in [0.2, 0.25) is 4.34 Å². The second-order valence-corrected chi connectivity index (χ2v) is 13.2. The molecule has 1 aliphatic heterocycles. The number of urea groups is 1. The maximum Gasteiger partial charge on any atom is 0.319 e. The summed E-state index contributed by atoms with van der Waals surface area (Å²) in [7, 11) is -3.23. The minimum atomic E-state index is -3.23.